The molecule has 4 rings (SSSR count). The molecule has 7 heteroatoms. The van der Waals surface area contributed by atoms with E-state index in [1.165, 1.54) is 5.69 Å². The van der Waals surface area contributed by atoms with Gasteiger partial charge >= 0.3 is 0 Å². The molecule has 0 saturated carbocycles. The van der Waals surface area contributed by atoms with Crippen LogP contribution in [-0.2, 0) is 11.3 Å². The second-order valence-corrected chi connectivity index (χ2v) is 6.56. The number of hydrogen-bond acceptors (Lipinski definition) is 6. The van der Waals surface area contributed by atoms with Crippen molar-refractivity contribution in [2.24, 2.45) is 0 Å². The summed E-state index contributed by atoms with van der Waals surface area (Å²) in [5.74, 6) is 2.51. The molecule has 0 radical (unpaired) electrons. The van der Waals surface area contributed by atoms with Gasteiger partial charge in [-0.15, -0.1) is 5.10 Å². The Kier molecular flexibility index (Phi) is 4.71. The van der Waals surface area contributed by atoms with Crippen molar-refractivity contribution in [2.45, 2.75) is 32.2 Å². The molecule has 1 aliphatic heterocycles. The maximum atomic E-state index is 5.49. The Labute approximate surface area is 152 Å². The molecule has 0 spiro atoms. The summed E-state index contributed by atoms with van der Waals surface area (Å²) in [5, 5.41) is 7.93. The minimum absolute atomic E-state index is 0.434. The molecule has 136 valence electrons. The Balaban J connectivity index is 1.56. The summed E-state index contributed by atoms with van der Waals surface area (Å²) < 4.78 is 12.6. The molecule has 1 N–H and O–H groups in total. The lowest BCUT2D eigenvalue weighted by molar-refractivity contribution is 0.0840. The molecular formula is C19H23N5O2. The number of aromatic nitrogens is 4. The maximum absolute atomic E-state index is 5.49. The van der Waals surface area contributed by atoms with Crippen LogP contribution in [0.4, 0.5) is 5.95 Å². The van der Waals surface area contributed by atoms with Gasteiger partial charge in [-0.3, -0.25) is 0 Å². The molecule has 1 aromatic carbocycles. The highest BCUT2D eigenvalue weighted by Crippen LogP contribution is 2.27. The van der Waals surface area contributed by atoms with E-state index in [2.05, 4.69) is 26.4 Å². The van der Waals surface area contributed by atoms with Gasteiger partial charge in [0.25, 0.3) is 5.78 Å². The van der Waals surface area contributed by atoms with Crippen LogP contribution >= 0.6 is 0 Å². The minimum atomic E-state index is 0.434. The highest BCUT2D eigenvalue weighted by molar-refractivity contribution is 5.40. The van der Waals surface area contributed by atoms with E-state index in [-0.39, 0.29) is 0 Å². The predicted octanol–water partition coefficient (Wildman–Crippen LogP) is 2.95. The molecule has 26 heavy (non-hydrogen) atoms. The van der Waals surface area contributed by atoms with Crippen molar-refractivity contribution in [1.29, 1.82) is 0 Å². The number of methoxy groups -OCH3 is 1. The zero-order chi connectivity index (χ0) is 17.9. The molecule has 3 heterocycles. The summed E-state index contributed by atoms with van der Waals surface area (Å²) >= 11 is 0. The number of nitrogens with zero attached hydrogens (tertiary/aromatic N) is 4. The van der Waals surface area contributed by atoms with Crippen molar-refractivity contribution >= 4 is 11.7 Å². The van der Waals surface area contributed by atoms with E-state index in [0.717, 1.165) is 43.1 Å². The molecule has 1 aliphatic rings. The summed E-state index contributed by atoms with van der Waals surface area (Å²) in [6.07, 6.45) is 2.01. The zero-order valence-electron chi connectivity index (χ0n) is 15.1. The number of nitrogens with one attached hydrogen (secondary N) is 1. The fourth-order valence-corrected chi connectivity index (χ4v) is 3.30. The quantitative estimate of drug-likeness (QED) is 0.760. The molecule has 1 fully saturated rings. The van der Waals surface area contributed by atoms with Crippen LogP contribution in [0.1, 0.15) is 35.7 Å². The summed E-state index contributed by atoms with van der Waals surface area (Å²) in [5.41, 5.74) is 3.27. The third-order valence-corrected chi connectivity index (χ3v) is 4.72. The van der Waals surface area contributed by atoms with Crippen LogP contribution < -0.4 is 10.1 Å². The van der Waals surface area contributed by atoms with Crippen LogP contribution in [-0.4, -0.2) is 39.9 Å². The van der Waals surface area contributed by atoms with Crippen molar-refractivity contribution in [2.75, 3.05) is 25.6 Å². The largest absolute Gasteiger partial charge is 0.497 e. The smallest absolute Gasteiger partial charge is 0.254 e. The summed E-state index contributed by atoms with van der Waals surface area (Å²) in [4.78, 5) is 9.08. The van der Waals surface area contributed by atoms with Crippen molar-refractivity contribution in [3.8, 4) is 5.75 Å². The van der Waals surface area contributed by atoms with Crippen LogP contribution in [0.15, 0.2) is 30.3 Å². The monoisotopic (exact) mass is 353 g/mol. The van der Waals surface area contributed by atoms with Crippen LogP contribution in [0.3, 0.4) is 0 Å². The van der Waals surface area contributed by atoms with Gasteiger partial charge in [0.15, 0.2) is 0 Å². The van der Waals surface area contributed by atoms with Gasteiger partial charge < -0.3 is 14.8 Å². The van der Waals surface area contributed by atoms with Crippen molar-refractivity contribution in [3.63, 3.8) is 0 Å². The van der Waals surface area contributed by atoms with Gasteiger partial charge in [0.1, 0.15) is 5.75 Å². The van der Waals surface area contributed by atoms with E-state index in [1.54, 1.807) is 7.11 Å². The second kappa shape index (κ2) is 7.29. The maximum Gasteiger partial charge on any atom is 0.254 e. The van der Waals surface area contributed by atoms with Gasteiger partial charge in [-0.25, -0.2) is 4.98 Å². The molecule has 0 unspecified atom stereocenters. The lowest BCUT2D eigenvalue weighted by Crippen LogP contribution is -2.17. The van der Waals surface area contributed by atoms with Gasteiger partial charge in [-0.2, -0.15) is 9.50 Å². The third kappa shape index (κ3) is 3.48. The predicted molar refractivity (Wildman–Crippen MR) is 98.6 cm³/mol. The van der Waals surface area contributed by atoms with Crippen molar-refractivity contribution in [3.05, 3.63) is 47.3 Å². The molecule has 0 atom stereocenters. The molecule has 3 aromatic rings. The summed E-state index contributed by atoms with van der Waals surface area (Å²) in [7, 11) is 1.67. The standard InChI is InChI=1S/C19H23N5O2/c1-13-11-17(15-7-9-26-10-8-15)24-19(21-13)22-18(23-24)20-12-14-3-5-16(25-2)6-4-14/h3-6,11,15H,7-10,12H2,1-2H3,(H,20,23). The summed E-state index contributed by atoms with van der Waals surface area (Å²) in [6, 6.07) is 10.1. The Morgan fingerprint density at radius 1 is 1.19 bits per heavy atom. The first-order valence-electron chi connectivity index (χ1n) is 8.92. The number of benzene rings is 1. The molecule has 2 aromatic heterocycles. The first-order chi connectivity index (χ1) is 12.7. The van der Waals surface area contributed by atoms with E-state index >= 15 is 0 Å². The molecule has 0 aliphatic carbocycles. The van der Waals surface area contributed by atoms with Crippen LogP contribution in [0.2, 0.25) is 0 Å². The molecular weight excluding hydrogens is 330 g/mol. The Morgan fingerprint density at radius 3 is 2.69 bits per heavy atom. The Hall–Kier alpha value is -2.67. The number of hydrogen-bond donors (Lipinski definition) is 1. The van der Waals surface area contributed by atoms with Crippen LogP contribution in [0, 0.1) is 6.92 Å². The lowest BCUT2D eigenvalue weighted by Gasteiger charge is -2.22. The normalized spacial score (nSPS) is 15.3. The van der Waals surface area contributed by atoms with E-state index in [4.69, 9.17) is 9.47 Å². The number of ether oxygens (including phenoxy) is 2. The van der Waals surface area contributed by atoms with Gasteiger partial charge in [0, 0.05) is 31.4 Å². The first kappa shape index (κ1) is 16.8. The van der Waals surface area contributed by atoms with Gasteiger partial charge in [0.05, 0.1) is 12.8 Å². The van der Waals surface area contributed by atoms with Crippen LogP contribution in [0.5, 0.6) is 5.75 Å². The van der Waals surface area contributed by atoms with E-state index in [1.807, 2.05) is 35.7 Å². The van der Waals surface area contributed by atoms with Crippen molar-refractivity contribution < 1.29 is 9.47 Å². The molecule has 1 saturated heterocycles. The van der Waals surface area contributed by atoms with Gasteiger partial charge in [-0.1, -0.05) is 12.1 Å². The molecule has 0 bridgehead atoms. The highest BCUT2D eigenvalue weighted by Gasteiger charge is 2.21. The van der Waals surface area contributed by atoms with E-state index < -0.39 is 0 Å². The highest BCUT2D eigenvalue weighted by atomic mass is 16.5. The second-order valence-electron chi connectivity index (χ2n) is 6.56. The summed E-state index contributed by atoms with van der Waals surface area (Å²) in [6.45, 7) is 4.24. The first-order valence-corrected chi connectivity index (χ1v) is 8.92. The van der Waals surface area contributed by atoms with Gasteiger partial charge in [0.2, 0.25) is 5.95 Å². The fourth-order valence-electron chi connectivity index (χ4n) is 3.30. The Morgan fingerprint density at radius 2 is 1.96 bits per heavy atom. The number of rotatable bonds is 5. The SMILES string of the molecule is COc1ccc(CNc2nc3nc(C)cc(C4CCOCC4)n3n2)cc1. The van der Waals surface area contributed by atoms with E-state index in [9.17, 15) is 0 Å². The van der Waals surface area contributed by atoms with Crippen LogP contribution in [0.25, 0.3) is 5.78 Å². The average Bonchev–Trinajstić information content (AvgIpc) is 3.09. The Bertz CT molecular complexity index is 885. The van der Waals surface area contributed by atoms with Gasteiger partial charge in [-0.05, 0) is 43.5 Å². The number of anilines is 1. The lowest BCUT2D eigenvalue weighted by atomic mass is 9.96. The number of aryl methyl sites for hydroxylation is 1. The average molecular weight is 353 g/mol. The number of fused-ring (bicyclic) bond motifs is 1. The van der Waals surface area contributed by atoms with Crippen molar-refractivity contribution in [1.82, 2.24) is 19.6 Å². The van der Waals surface area contributed by atoms with E-state index in [0.29, 0.717) is 24.2 Å². The molecule has 0 amide bonds. The molecule has 7 nitrogen and oxygen atoms in total. The fraction of sp³-hybridized carbons (Fsp3) is 0.421. The zero-order valence-corrected chi connectivity index (χ0v) is 15.1. The third-order valence-electron chi connectivity index (χ3n) is 4.72. The minimum Gasteiger partial charge on any atom is -0.497 e. The topological polar surface area (TPSA) is 73.6 Å².